The number of benzene rings is 1. The topological polar surface area (TPSA) is 95.6 Å². The highest BCUT2D eigenvalue weighted by atomic mass is 32.2. The molecular formula is C17H23N3O4S. The molecule has 25 heavy (non-hydrogen) atoms. The minimum Gasteiger partial charge on any atom is -0.354 e. The summed E-state index contributed by atoms with van der Waals surface area (Å²) in [6, 6.07) is 5.94. The summed E-state index contributed by atoms with van der Waals surface area (Å²) in [5, 5.41) is 5.62. The Labute approximate surface area is 147 Å². The molecule has 2 fully saturated rings. The highest BCUT2D eigenvalue weighted by Gasteiger charge is 2.32. The van der Waals surface area contributed by atoms with E-state index < -0.39 is 10.0 Å². The van der Waals surface area contributed by atoms with Gasteiger partial charge in [0.15, 0.2) is 0 Å². The highest BCUT2D eigenvalue weighted by molar-refractivity contribution is 7.89. The van der Waals surface area contributed by atoms with E-state index >= 15 is 0 Å². The lowest BCUT2D eigenvalue weighted by molar-refractivity contribution is -0.120. The van der Waals surface area contributed by atoms with Gasteiger partial charge in [-0.05, 0) is 44.4 Å². The van der Waals surface area contributed by atoms with Crippen LogP contribution in [0.4, 0.5) is 0 Å². The molecule has 1 saturated carbocycles. The smallest absolute Gasteiger partial charge is 0.251 e. The standard InChI is InChI=1S/C17H23N3O4S/c1-12-11-18-16(21)8-9-20(12)25(23,24)15-7-2-4-13(10-15)17(22)19-14-5-3-6-14/h2,4,7,10,12,14H,3,5-6,8-9,11H2,1H3,(H,18,21)(H,19,22)/t12-/m0/s1. The molecule has 1 aromatic carbocycles. The molecule has 0 spiro atoms. The molecule has 2 N–H and O–H groups in total. The highest BCUT2D eigenvalue weighted by Crippen LogP contribution is 2.22. The number of nitrogens with zero attached hydrogens (tertiary/aromatic N) is 1. The molecule has 7 nitrogen and oxygen atoms in total. The number of carbonyl (C=O) groups excluding carboxylic acids is 2. The van der Waals surface area contributed by atoms with Crippen LogP contribution in [0.2, 0.25) is 0 Å². The number of nitrogens with one attached hydrogen (secondary N) is 2. The summed E-state index contributed by atoms with van der Waals surface area (Å²) in [7, 11) is -3.77. The van der Waals surface area contributed by atoms with Gasteiger partial charge in [0.1, 0.15) is 0 Å². The molecule has 2 amide bonds. The molecule has 0 bridgehead atoms. The predicted molar refractivity (Wildman–Crippen MR) is 92.5 cm³/mol. The first kappa shape index (κ1) is 17.9. The van der Waals surface area contributed by atoms with Gasteiger partial charge < -0.3 is 10.6 Å². The molecule has 0 radical (unpaired) electrons. The van der Waals surface area contributed by atoms with Crippen molar-refractivity contribution in [1.82, 2.24) is 14.9 Å². The Balaban J connectivity index is 1.82. The van der Waals surface area contributed by atoms with Crippen LogP contribution in [-0.2, 0) is 14.8 Å². The third-order valence-corrected chi connectivity index (χ3v) is 6.80. The van der Waals surface area contributed by atoms with Crippen LogP contribution in [-0.4, -0.2) is 49.7 Å². The van der Waals surface area contributed by atoms with E-state index in [1.807, 2.05) is 0 Å². The number of hydrogen-bond acceptors (Lipinski definition) is 4. The Hall–Kier alpha value is -1.93. The maximum Gasteiger partial charge on any atom is 0.251 e. The van der Waals surface area contributed by atoms with Gasteiger partial charge in [-0.2, -0.15) is 4.31 Å². The van der Waals surface area contributed by atoms with Crippen molar-refractivity contribution in [2.45, 2.75) is 49.6 Å². The first-order chi connectivity index (χ1) is 11.9. The summed E-state index contributed by atoms with van der Waals surface area (Å²) in [4.78, 5) is 23.9. The van der Waals surface area contributed by atoms with Gasteiger partial charge in [-0.15, -0.1) is 0 Å². The van der Waals surface area contributed by atoms with Gasteiger partial charge >= 0.3 is 0 Å². The fourth-order valence-corrected chi connectivity index (χ4v) is 4.67. The van der Waals surface area contributed by atoms with Gasteiger partial charge in [-0.3, -0.25) is 9.59 Å². The van der Waals surface area contributed by atoms with Crippen molar-refractivity contribution in [3.63, 3.8) is 0 Å². The number of rotatable bonds is 4. The molecule has 0 aromatic heterocycles. The summed E-state index contributed by atoms with van der Waals surface area (Å²) in [6.07, 6.45) is 3.18. The average Bonchev–Trinajstić information content (AvgIpc) is 2.72. The van der Waals surface area contributed by atoms with E-state index in [0.717, 1.165) is 19.3 Å². The third kappa shape index (κ3) is 3.85. The lowest BCUT2D eigenvalue weighted by Crippen LogP contribution is -2.42. The number of amides is 2. The molecule has 1 heterocycles. The lowest BCUT2D eigenvalue weighted by atomic mass is 9.93. The molecule has 0 unspecified atom stereocenters. The third-order valence-electron chi connectivity index (χ3n) is 4.79. The van der Waals surface area contributed by atoms with Crippen LogP contribution in [0, 0.1) is 0 Å². The zero-order valence-electron chi connectivity index (χ0n) is 14.2. The molecule has 8 heteroatoms. The molecule has 1 atom stereocenters. The van der Waals surface area contributed by atoms with Crippen LogP contribution in [0.15, 0.2) is 29.2 Å². The minimum absolute atomic E-state index is 0.0787. The van der Waals surface area contributed by atoms with Crippen LogP contribution >= 0.6 is 0 Å². The first-order valence-electron chi connectivity index (χ1n) is 8.57. The Morgan fingerprint density at radius 3 is 2.76 bits per heavy atom. The molecule has 1 saturated heterocycles. The Morgan fingerprint density at radius 2 is 2.08 bits per heavy atom. The summed E-state index contributed by atoms with van der Waals surface area (Å²) in [5.74, 6) is -0.402. The molecule has 2 aliphatic rings. The van der Waals surface area contributed by atoms with Gasteiger partial charge in [-0.25, -0.2) is 8.42 Å². The van der Waals surface area contributed by atoms with E-state index in [1.165, 1.54) is 16.4 Å². The Bertz CT molecular complexity index is 774. The number of carbonyl (C=O) groups is 2. The van der Waals surface area contributed by atoms with Crippen molar-refractivity contribution in [3.05, 3.63) is 29.8 Å². The van der Waals surface area contributed by atoms with Crippen molar-refractivity contribution >= 4 is 21.8 Å². The van der Waals surface area contributed by atoms with Crippen LogP contribution in [0.3, 0.4) is 0 Å². The quantitative estimate of drug-likeness (QED) is 0.827. The summed E-state index contributed by atoms with van der Waals surface area (Å²) in [6.45, 7) is 2.17. The Kier molecular flexibility index (Phi) is 5.10. The SMILES string of the molecule is C[C@H]1CNC(=O)CCN1S(=O)(=O)c1cccc(C(=O)NC2CCC2)c1. The van der Waals surface area contributed by atoms with Crippen molar-refractivity contribution in [2.75, 3.05) is 13.1 Å². The van der Waals surface area contributed by atoms with Gasteiger partial charge in [0.05, 0.1) is 4.90 Å². The van der Waals surface area contributed by atoms with Crippen molar-refractivity contribution < 1.29 is 18.0 Å². The summed E-state index contributed by atoms with van der Waals surface area (Å²) in [5.41, 5.74) is 0.338. The first-order valence-corrected chi connectivity index (χ1v) is 10.0. The monoisotopic (exact) mass is 365 g/mol. The van der Waals surface area contributed by atoms with Crippen molar-refractivity contribution in [3.8, 4) is 0 Å². The van der Waals surface area contributed by atoms with Gasteiger partial charge in [0, 0.05) is 37.2 Å². The second-order valence-electron chi connectivity index (χ2n) is 6.65. The zero-order chi connectivity index (χ0) is 18.0. The van der Waals surface area contributed by atoms with Crippen LogP contribution in [0.5, 0.6) is 0 Å². The molecule has 1 aromatic rings. The van der Waals surface area contributed by atoms with Gasteiger partial charge in [0.2, 0.25) is 15.9 Å². The normalized spacial score (nSPS) is 22.6. The van der Waals surface area contributed by atoms with Gasteiger partial charge in [0.25, 0.3) is 5.91 Å². The Morgan fingerprint density at radius 1 is 1.32 bits per heavy atom. The molecule has 1 aliphatic carbocycles. The maximum atomic E-state index is 13.0. The fourth-order valence-electron chi connectivity index (χ4n) is 3.00. The van der Waals surface area contributed by atoms with Crippen LogP contribution in [0.1, 0.15) is 43.0 Å². The lowest BCUT2D eigenvalue weighted by Gasteiger charge is -2.27. The maximum absolute atomic E-state index is 13.0. The second kappa shape index (κ2) is 7.13. The van der Waals surface area contributed by atoms with Gasteiger partial charge in [-0.1, -0.05) is 6.07 Å². The average molecular weight is 365 g/mol. The summed E-state index contributed by atoms with van der Waals surface area (Å²) < 4.78 is 27.3. The van der Waals surface area contributed by atoms with Crippen LogP contribution < -0.4 is 10.6 Å². The second-order valence-corrected chi connectivity index (χ2v) is 8.54. The zero-order valence-corrected chi connectivity index (χ0v) is 15.0. The fraction of sp³-hybridized carbons (Fsp3) is 0.529. The van der Waals surface area contributed by atoms with E-state index in [0.29, 0.717) is 5.56 Å². The minimum atomic E-state index is -3.77. The molecule has 1 aliphatic heterocycles. The van der Waals surface area contributed by atoms with E-state index in [2.05, 4.69) is 10.6 Å². The largest absolute Gasteiger partial charge is 0.354 e. The summed E-state index contributed by atoms with van der Waals surface area (Å²) >= 11 is 0. The van der Waals surface area contributed by atoms with E-state index in [1.54, 1.807) is 19.1 Å². The predicted octanol–water partition coefficient (Wildman–Crippen LogP) is 0.868. The number of sulfonamides is 1. The molecule has 136 valence electrons. The van der Waals surface area contributed by atoms with Crippen molar-refractivity contribution in [1.29, 1.82) is 0 Å². The van der Waals surface area contributed by atoms with E-state index in [9.17, 15) is 18.0 Å². The number of hydrogen-bond donors (Lipinski definition) is 2. The van der Waals surface area contributed by atoms with Crippen molar-refractivity contribution in [2.24, 2.45) is 0 Å². The molecule has 3 rings (SSSR count). The van der Waals surface area contributed by atoms with E-state index in [4.69, 9.17) is 0 Å². The molecular weight excluding hydrogens is 342 g/mol. The van der Waals surface area contributed by atoms with E-state index in [-0.39, 0.29) is 48.3 Å². The van der Waals surface area contributed by atoms with Crippen LogP contribution in [0.25, 0.3) is 0 Å².